The predicted molar refractivity (Wildman–Crippen MR) is 158 cm³/mol. The Balaban J connectivity index is 1.66. The van der Waals surface area contributed by atoms with Crippen molar-refractivity contribution in [3.63, 3.8) is 0 Å². The van der Waals surface area contributed by atoms with Crippen LogP contribution in [0.5, 0.6) is 11.5 Å². The van der Waals surface area contributed by atoms with Gasteiger partial charge in [0.15, 0.2) is 11.5 Å². The van der Waals surface area contributed by atoms with Crippen molar-refractivity contribution in [2.24, 2.45) is 0 Å². The number of dihydropyridines is 1. The lowest BCUT2D eigenvalue weighted by molar-refractivity contribution is -0.114. The highest BCUT2D eigenvalue weighted by Crippen LogP contribution is 2.43. The number of nitrogens with one attached hydrogen (secondary N) is 3. The molecule has 0 fully saturated rings. The molecule has 1 atom stereocenters. The van der Waals surface area contributed by atoms with Gasteiger partial charge in [-0.05, 0) is 73.9 Å². The highest BCUT2D eigenvalue weighted by Gasteiger charge is 2.35. The van der Waals surface area contributed by atoms with E-state index in [9.17, 15) is 20.0 Å². The molecule has 204 valence electrons. The first-order chi connectivity index (χ1) is 19.2. The summed E-state index contributed by atoms with van der Waals surface area (Å²) in [6.07, 6.45) is 0. The molecule has 3 aromatic carbocycles. The molecule has 0 aliphatic carbocycles. The van der Waals surface area contributed by atoms with Crippen molar-refractivity contribution in [3.05, 3.63) is 105 Å². The maximum absolute atomic E-state index is 13.6. The Morgan fingerprint density at radius 3 is 2.42 bits per heavy atom. The van der Waals surface area contributed by atoms with Gasteiger partial charge < -0.3 is 25.8 Å². The minimum absolute atomic E-state index is 0.0465. The number of thioether (sulfide) groups is 1. The fourth-order valence-electron chi connectivity index (χ4n) is 4.41. The third kappa shape index (κ3) is 6.30. The topological polar surface area (TPSA) is 123 Å². The van der Waals surface area contributed by atoms with Gasteiger partial charge in [0.25, 0.3) is 5.91 Å². The van der Waals surface area contributed by atoms with E-state index >= 15 is 0 Å². The van der Waals surface area contributed by atoms with Crippen LogP contribution in [-0.4, -0.2) is 29.8 Å². The van der Waals surface area contributed by atoms with Gasteiger partial charge >= 0.3 is 0 Å². The van der Waals surface area contributed by atoms with Crippen LogP contribution in [0.4, 0.5) is 11.4 Å². The van der Waals surface area contributed by atoms with Crippen molar-refractivity contribution in [3.8, 4) is 17.6 Å². The van der Waals surface area contributed by atoms with Crippen LogP contribution in [0.3, 0.4) is 0 Å². The lowest BCUT2D eigenvalue weighted by Gasteiger charge is -2.30. The summed E-state index contributed by atoms with van der Waals surface area (Å²) in [6.45, 7) is 5.75. The normalized spacial score (nSPS) is 14.7. The third-order valence-electron chi connectivity index (χ3n) is 6.60. The van der Waals surface area contributed by atoms with Crippen molar-refractivity contribution >= 4 is 35.0 Å². The zero-order chi connectivity index (χ0) is 28.8. The molecule has 0 radical (unpaired) electrons. The number of anilines is 2. The number of allylic oxidation sites excluding steroid dienone is 2. The molecular formula is C31H30N4O4S. The molecule has 1 heterocycles. The van der Waals surface area contributed by atoms with E-state index in [2.05, 4.69) is 22.0 Å². The number of nitriles is 1. The minimum Gasteiger partial charge on any atom is -0.504 e. The van der Waals surface area contributed by atoms with Crippen LogP contribution in [0.2, 0.25) is 0 Å². The molecule has 2 amide bonds. The zero-order valence-corrected chi connectivity index (χ0v) is 23.5. The molecule has 0 spiro atoms. The molecule has 0 bridgehead atoms. The number of phenols is 1. The summed E-state index contributed by atoms with van der Waals surface area (Å²) in [5.41, 5.74) is 5.27. The summed E-state index contributed by atoms with van der Waals surface area (Å²) in [7, 11) is 1.43. The monoisotopic (exact) mass is 554 g/mol. The number of ether oxygens (including phenoxy) is 1. The number of aryl methyl sites for hydroxylation is 2. The minimum atomic E-state index is -0.769. The van der Waals surface area contributed by atoms with Gasteiger partial charge in [-0.1, -0.05) is 42.1 Å². The number of hydrogen-bond donors (Lipinski definition) is 4. The van der Waals surface area contributed by atoms with Crippen LogP contribution < -0.4 is 20.7 Å². The largest absolute Gasteiger partial charge is 0.504 e. The predicted octanol–water partition coefficient (Wildman–Crippen LogP) is 5.72. The van der Waals surface area contributed by atoms with E-state index < -0.39 is 5.92 Å². The van der Waals surface area contributed by atoms with Crippen LogP contribution in [0.25, 0.3) is 0 Å². The molecule has 0 saturated carbocycles. The first-order valence-corrected chi connectivity index (χ1v) is 13.6. The number of phenolic OH excluding ortho intramolecular Hbond substituents is 1. The fourth-order valence-corrected chi connectivity index (χ4v) is 5.30. The van der Waals surface area contributed by atoms with E-state index in [4.69, 9.17) is 4.74 Å². The fraction of sp³-hybridized carbons (Fsp3) is 0.194. The Hall–Kier alpha value is -4.68. The molecule has 0 saturated heterocycles. The molecule has 0 unspecified atom stereocenters. The second-order valence-electron chi connectivity index (χ2n) is 9.34. The van der Waals surface area contributed by atoms with Crippen LogP contribution in [0.1, 0.15) is 29.5 Å². The average Bonchev–Trinajstić information content (AvgIpc) is 2.94. The number of carbonyl (C=O) groups is 2. The number of nitrogens with zero attached hydrogens (tertiary/aromatic N) is 1. The van der Waals surface area contributed by atoms with E-state index in [-0.39, 0.29) is 34.6 Å². The zero-order valence-electron chi connectivity index (χ0n) is 22.7. The molecule has 3 aromatic rings. The van der Waals surface area contributed by atoms with Gasteiger partial charge in [-0.3, -0.25) is 9.59 Å². The average molecular weight is 555 g/mol. The van der Waals surface area contributed by atoms with Gasteiger partial charge in [0.2, 0.25) is 5.91 Å². The quantitative estimate of drug-likeness (QED) is 0.281. The number of hydrogen-bond acceptors (Lipinski definition) is 7. The van der Waals surface area contributed by atoms with Crippen LogP contribution in [0, 0.1) is 25.2 Å². The molecule has 0 aromatic heterocycles. The SMILES string of the molecule is COc1cc([C@H]2C(C#N)=C(SCC(=O)Nc3ccc(C)c(C)c3)NC(C)=C2C(=O)Nc2ccccc2)ccc1O. The van der Waals surface area contributed by atoms with Gasteiger partial charge in [0.1, 0.15) is 0 Å². The van der Waals surface area contributed by atoms with Crippen molar-refractivity contribution in [1.82, 2.24) is 5.32 Å². The molecule has 8 nitrogen and oxygen atoms in total. The molecular weight excluding hydrogens is 524 g/mol. The Morgan fingerprint density at radius 2 is 1.75 bits per heavy atom. The number of amides is 2. The lowest BCUT2D eigenvalue weighted by Crippen LogP contribution is -2.31. The summed E-state index contributed by atoms with van der Waals surface area (Å²) < 4.78 is 5.30. The molecule has 1 aliphatic heterocycles. The number of methoxy groups -OCH3 is 1. The molecule has 4 rings (SSSR count). The molecule has 4 N–H and O–H groups in total. The highest BCUT2D eigenvalue weighted by atomic mass is 32.2. The summed E-state index contributed by atoms with van der Waals surface area (Å²) in [6, 6.07) is 21.7. The molecule has 1 aliphatic rings. The van der Waals surface area contributed by atoms with Crippen LogP contribution in [0.15, 0.2) is 88.6 Å². The maximum atomic E-state index is 13.6. The van der Waals surface area contributed by atoms with Crippen molar-refractivity contribution in [2.45, 2.75) is 26.7 Å². The smallest absolute Gasteiger partial charge is 0.254 e. The Kier molecular flexibility index (Phi) is 8.82. The number of para-hydroxylation sites is 1. The van der Waals surface area contributed by atoms with Crippen LogP contribution >= 0.6 is 11.8 Å². The van der Waals surface area contributed by atoms with E-state index in [1.807, 2.05) is 50.2 Å². The first kappa shape index (κ1) is 28.3. The first-order valence-electron chi connectivity index (χ1n) is 12.6. The van der Waals surface area contributed by atoms with E-state index in [0.29, 0.717) is 33.2 Å². The number of rotatable bonds is 8. The number of carbonyl (C=O) groups excluding carboxylic acids is 2. The molecule has 40 heavy (non-hydrogen) atoms. The van der Waals surface area contributed by atoms with Gasteiger partial charge in [-0.15, -0.1) is 0 Å². The highest BCUT2D eigenvalue weighted by molar-refractivity contribution is 8.03. The van der Waals surface area contributed by atoms with Crippen molar-refractivity contribution in [2.75, 3.05) is 23.5 Å². The van der Waals surface area contributed by atoms with Crippen molar-refractivity contribution in [1.29, 1.82) is 5.26 Å². The van der Waals surface area contributed by atoms with E-state index in [1.165, 1.54) is 24.9 Å². The van der Waals surface area contributed by atoms with E-state index in [1.54, 1.807) is 31.2 Å². The van der Waals surface area contributed by atoms with Gasteiger partial charge in [0.05, 0.1) is 35.5 Å². The summed E-state index contributed by atoms with van der Waals surface area (Å²) >= 11 is 1.19. The van der Waals surface area contributed by atoms with Gasteiger partial charge in [0, 0.05) is 22.6 Å². The summed E-state index contributed by atoms with van der Waals surface area (Å²) in [5.74, 6) is -1.17. The van der Waals surface area contributed by atoms with Gasteiger partial charge in [-0.2, -0.15) is 5.26 Å². The Labute approximate surface area is 237 Å². The Morgan fingerprint density at radius 1 is 1.00 bits per heavy atom. The maximum Gasteiger partial charge on any atom is 0.254 e. The number of aromatic hydroxyl groups is 1. The molecule has 9 heteroatoms. The van der Waals surface area contributed by atoms with Crippen LogP contribution in [-0.2, 0) is 9.59 Å². The third-order valence-corrected chi connectivity index (χ3v) is 7.62. The lowest BCUT2D eigenvalue weighted by atomic mass is 9.82. The Bertz CT molecular complexity index is 1560. The standard InChI is InChI=1S/C31H30N4O4S/c1-18-10-12-23(14-19(18)2)34-27(37)17-40-31-24(16-32)29(21-11-13-25(36)26(15-21)39-4)28(20(3)33-31)30(38)35-22-8-6-5-7-9-22/h5-15,29,33,36H,17H2,1-4H3,(H,34,37)(H,35,38)/t29-/m0/s1. The van der Waals surface area contributed by atoms with Crippen molar-refractivity contribution < 1.29 is 19.4 Å². The summed E-state index contributed by atoms with van der Waals surface area (Å²) in [5, 5.41) is 30.0. The second-order valence-corrected chi connectivity index (χ2v) is 10.3. The van der Waals surface area contributed by atoms with Gasteiger partial charge in [-0.25, -0.2) is 0 Å². The second kappa shape index (κ2) is 12.5. The number of benzene rings is 3. The summed E-state index contributed by atoms with van der Waals surface area (Å²) in [4.78, 5) is 26.4. The van der Waals surface area contributed by atoms with E-state index in [0.717, 1.165) is 11.1 Å².